The Balaban J connectivity index is 1.45. The Labute approximate surface area is 209 Å². The van der Waals surface area contributed by atoms with Crippen LogP contribution in [0.1, 0.15) is 37.4 Å². The molecule has 0 unspecified atom stereocenters. The number of ketones is 2. The normalized spacial score (nSPS) is 10.2. The Bertz CT molecular complexity index is 1250. The molecule has 0 aromatic heterocycles. The van der Waals surface area contributed by atoms with Crippen LogP contribution in [0.3, 0.4) is 0 Å². The van der Waals surface area contributed by atoms with Crippen LogP contribution < -0.4 is 4.74 Å². The van der Waals surface area contributed by atoms with Gasteiger partial charge in [-0.3, -0.25) is 9.59 Å². The van der Waals surface area contributed by atoms with Gasteiger partial charge in [-0.15, -0.1) is 0 Å². The fourth-order valence-corrected chi connectivity index (χ4v) is 3.30. The van der Waals surface area contributed by atoms with Crippen LogP contribution in [0.5, 0.6) is 5.75 Å². The predicted octanol–water partition coefficient (Wildman–Crippen LogP) is 4.90. The van der Waals surface area contributed by atoms with E-state index in [1.54, 1.807) is 72.8 Å². The molecule has 0 N–H and O–H groups in total. The van der Waals surface area contributed by atoms with Crippen molar-refractivity contribution in [1.82, 2.24) is 0 Å². The van der Waals surface area contributed by atoms with Gasteiger partial charge >= 0.3 is 11.9 Å². The van der Waals surface area contributed by atoms with E-state index in [1.807, 2.05) is 0 Å². The molecule has 0 heterocycles. The van der Waals surface area contributed by atoms with Crippen LogP contribution in [0.2, 0.25) is 0 Å². The van der Waals surface area contributed by atoms with Crippen molar-refractivity contribution in [3.63, 3.8) is 0 Å². The van der Waals surface area contributed by atoms with Gasteiger partial charge in [0, 0.05) is 19.3 Å². The van der Waals surface area contributed by atoms with Crippen molar-refractivity contribution in [3.05, 3.63) is 126 Å². The molecule has 6 nitrogen and oxygen atoms in total. The van der Waals surface area contributed by atoms with Crippen LogP contribution in [0.25, 0.3) is 0 Å². The number of rotatable bonds is 12. The summed E-state index contributed by atoms with van der Waals surface area (Å²) in [5.41, 5.74) is 3.29. The highest BCUT2D eigenvalue weighted by Crippen LogP contribution is 2.16. The lowest BCUT2D eigenvalue weighted by atomic mass is 10.1. The summed E-state index contributed by atoms with van der Waals surface area (Å²) in [4.78, 5) is 47.5. The summed E-state index contributed by atoms with van der Waals surface area (Å²) in [6.07, 6.45) is 3.52. The molecule has 0 saturated heterocycles. The van der Waals surface area contributed by atoms with Crippen LogP contribution in [-0.4, -0.2) is 30.1 Å². The summed E-state index contributed by atoms with van der Waals surface area (Å²) in [6, 6.07) is 20.3. The summed E-state index contributed by atoms with van der Waals surface area (Å²) in [5, 5.41) is 0. The Morgan fingerprint density at radius 2 is 1.06 bits per heavy atom. The SMILES string of the molecule is C=CC(=O)Cc1ccc(C(=O)OCCc2ccc(OC(=O)c3ccc(CC(=O)C=C)cc3)cc2)cc1. The van der Waals surface area contributed by atoms with Crippen molar-refractivity contribution >= 4 is 23.5 Å². The van der Waals surface area contributed by atoms with Gasteiger partial charge in [0.1, 0.15) is 5.75 Å². The first kappa shape index (κ1) is 26.0. The first-order valence-corrected chi connectivity index (χ1v) is 11.3. The molecule has 0 fully saturated rings. The molecule has 0 aliphatic heterocycles. The predicted molar refractivity (Wildman–Crippen MR) is 136 cm³/mol. The molecule has 0 atom stereocenters. The third kappa shape index (κ3) is 7.74. The average molecular weight is 483 g/mol. The highest BCUT2D eigenvalue weighted by molar-refractivity contribution is 5.93. The second-order valence-electron chi connectivity index (χ2n) is 8.01. The minimum absolute atomic E-state index is 0.0848. The Morgan fingerprint density at radius 3 is 1.53 bits per heavy atom. The van der Waals surface area contributed by atoms with Crippen LogP contribution in [-0.2, 0) is 33.6 Å². The Hall–Kier alpha value is -4.58. The summed E-state index contributed by atoms with van der Waals surface area (Å²) in [7, 11) is 0. The van der Waals surface area contributed by atoms with E-state index >= 15 is 0 Å². The average Bonchev–Trinajstić information content (AvgIpc) is 2.90. The smallest absolute Gasteiger partial charge is 0.343 e. The lowest BCUT2D eigenvalue weighted by Crippen LogP contribution is -2.09. The molecule has 0 radical (unpaired) electrons. The van der Waals surface area contributed by atoms with Crippen LogP contribution in [0, 0.1) is 0 Å². The number of ether oxygens (including phenoxy) is 2. The van der Waals surface area contributed by atoms with Gasteiger partial charge in [0.05, 0.1) is 17.7 Å². The lowest BCUT2D eigenvalue weighted by Gasteiger charge is -2.08. The first-order chi connectivity index (χ1) is 17.4. The van der Waals surface area contributed by atoms with Crippen molar-refractivity contribution in [2.45, 2.75) is 19.3 Å². The van der Waals surface area contributed by atoms with E-state index in [4.69, 9.17) is 9.47 Å². The van der Waals surface area contributed by atoms with Crippen molar-refractivity contribution in [2.75, 3.05) is 6.61 Å². The summed E-state index contributed by atoms with van der Waals surface area (Å²) >= 11 is 0. The molecule has 0 saturated carbocycles. The van der Waals surface area contributed by atoms with Gasteiger partial charge in [-0.25, -0.2) is 9.59 Å². The van der Waals surface area contributed by atoms with E-state index in [2.05, 4.69) is 13.2 Å². The van der Waals surface area contributed by atoms with E-state index in [9.17, 15) is 19.2 Å². The molecule has 0 spiro atoms. The summed E-state index contributed by atoms with van der Waals surface area (Å²) in [5.74, 6) is -0.729. The van der Waals surface area contributed by atoms with Crippen molar-refractivity contribution in [1.29, 1.82) is 0 Å². The second-order valence-corrected chi connectivity index (χ2v) is 8.01. The van der Waals surface area contributed by atoms with Gasteiger partial charge in [0.2, 0.25) is 0 Å². The van der Waals surface area contributed by atoms with Gasteiger partial charge < -0.3 is 9.47 Å². The van der Waals surface area contributed by atoms with E-state index in [0.29, 0.717) is 23.3 Å². The van der Waals surface area contributed by atoms with Gasteiger partial charge in [-0.2, -0.15) is 0 Å². The van der Waals surface area contributed by atoms with Gasteiger partial charge in [-0.1, -0.05) is 49.6 Å². The van der Waals surface area contributed by atoms with Crippen LogP contribution >= 0.6 is 0 Å². The fourth-order valence-electron chi connectivity index (χ4n) is 3.30. The number of esters is 2. The monoisotopic (exact) mass is 482 g/mol. The lowest BCUT2D eigenvalue weighted by molar-refractivity contribution is -0.114. The number of allylic oxidation sites excluding steroid dienone is 2. The Morgan fingerprint density at radius 1 is 0.611 bits per heavy atom. The number of carbonyl (C=O) groups is 4. The molecule has 182 valence electrons. The quantitative estimate of drug-likeness (QED) is 0.207. The second kappa shape index (κ2) is 12.8. The molecule has 0 aliphatic carbocycles. The van der Waals surface area contributed by atoms with Crippen molar-refractivity contribution in [3.8, 4) is 5.75 Å². The van der Waals surface area contributed by atoms with Crippen LogP contribution in [0.4, 0.5) is 0 Å². The van der Waals surface area contributed by atoms with E-state index in [1.165, 1.54) is 12.2 Å². The number of hydrogen-bond acceptors (Lipinski definition) is 6. The van der Waals surface area contributed by atoms with Crippen molar-refractivity contribution in [2.24, 2.45) is 0 Å². The summed E-state index contributed by atoms with van der Waals surface area (Å²) < 4.78 is 10.7. The highest BCUT2D eigenvalue weighted by Gasteiger charge is 2.11. The minimum Gasteiger partial charge on any atom is -0.462 e. The molecule has 3 aromatic rings. The topological polar surface area (TPSA) is 86.7 Å². The third-order valence-corrected chi connectivity index (χ3v) is 5.35. The van der Waals surface area contributed by atoms with Gasteiger partial charge in [0.25, 0.3) is 0 Å². The molecule has 0 bridgehead atoms. The van der Waals surface area contributed by atoms with E-state index in [0.717, 1.165) is 16.7 Å². The summed E-state index contributed by atoms with van der Waals surface area (Å²) in [6.45, 7) is 7.08. The maximum absolute atomic E-state index is 12.4. The molecular weight excluding hydrogens is 456 g/mol. The molecule has 36 heavy (non-hydrogen) atoms. The Kier molecular flexibility index (Phi) is 9.23. The molecule has 6 heteroatoms. The highest BCUT2D eigenvalue weighted by atomic mass is 16.5. The zero-order chi connectivity index (χ0) is 25.9. The molecular formula is C30H26O6. The maximum Gasteiger partial charge on any atom is 0.343 e. The molecule has 3 aromatic carbocycles. The zero-order valence-corrected chi connectivity index (χ0v) is 19.8. The number of carbonyl (C=O) groups excluding carboxylic acids is 4. The molecule has 0 aliphatic rings. The number of hydrogen-bond donors (Lipinski definition) is 0. The fraction of sp³-hybridized carbons (Fsp3) is 0.133. The van der Waals surface area contributed by atoms with Crippen LogP contribution in [0.15, 0.2) is 98.1 Å². The minimum atomic E-state index is -0.502. The van der Waals surface area contributed by atoms with E-state index < -0.39 is 11.9 Å². The molecule has 3 rings (SSSR count). The zero-order valence-electron chi connectivity index (χ0n) is 19.8. The van der Waals surface area contributed by atoms with Gasteiger partial charge in [-0.05, 0) is 65.2 Å². The van der Waals surface area contributed by atoms with Crippen molar-refractivity contribution < 1.29 is 28.7 Å². The first-order valence-electron chi connectivity index (χ1n) is 11.3. The third-order valence-electron chi connectivity index (χ3n) is 5.35. The molecule has 0 amide bonds. The van der Waals surface area contributed by atoms with Gasteiger partial charge in [0.15, 0.2) is 11.6 Å². The van der Waals surface area contributed by atoms with E-state index in [-0.39, 0.29) is 31.0 Å². The largest absolute Gasteiger partial charge is 0.462 e. The maximum atomic E-state index is 12.4. The standard InChI is InChI=1S/C30H26O6/c1-3-26(31)19-22-5-11-24(12-6-22)29(33)35-18-17-21-9-15-28(16-10-21)36-30(34)25-13-7-23(8-14-25)20-27(32)4-2/h3-16H,1-2,17-20H2. The number of benzene rings is 3.